The van der Waals surface area contributed by atoms with E-state index in [0.717, 1.165) is 25.7 Å². The van der Waals surface area contributed by atoms with E-state index in [1.807, 2.05) is 18.7 Å². The largest absolute Gasteiger partial charge is 0.356 e. The van der Waals surface area contributed by atoms with Crippen LogP contribution in [0.2, 0.25) is 10.0 Å². The number of fused-ring (bicyclic) bond motifs is 1. The van der Waals surface area contributed by atoms with Gasteiger partial charge in [-0.1, -0.05) is 62.4 Å². The van der Waals surface area contributed by atoms with Crippen LogP contribution in [-0.4, -0.2) is 52.1 Å². The Hall–Kier alpha value is -3.11. The molecule has 1 aromatic carbocycles. The number of rotatable bonds is 8. The smallest absolute Gasteiger partial charge is 0.255 e. The van der Waals surface area contributed by atoms with Crippen LogP contribution in [0.5, 0.6) is 0 Å². The lowest BCUT2D eigenvalue weighted by molar-refractivity contribution is -0.124. The van der Waals surface area contributed by atoms with Crippen molar-refractivity contribution in [2.24, 2.45) is 5.92 Å². The van der Waals surface area contributed by atoms with Crippen LogP contribution < -0.4 is 20.9 Å². The van der Waals surface area contributed by atoms with E-state index in [0.29, 0.717) is 75.7 Å². The van der Waals surface area contributed by atoms with Crippen LogP contribution in [0, 0.1) is 5.92 Å². The molecule has 3 heterocycles. The van der Waals surface area contributed by atoms with Gasteiger partial charge in [0.15, 0.2) is 5.65 Å². The van der Waals surface area contributed by atoms with Gasteiger partial charge in [0.2, 0.25) is 11.9 Å². The Morgan fingerprint density at radius 3 is 2.54 bits per heavy atom. The van der Waals surface area contributed by atoms with Crippen LogP contribution in [0.4, 0.5) is 21.8 Å². The number of anilines is 3. The highest BCUT2D eigenvalue weighted by Crippen LogP contribution is 2.36. The van der Waals surface area contributed by atoms with Crippen molar-refractivity contribution in [1.29, 1.82) is 0 Å². The molecule has 0 unspecified atom stereocenters. The summed E-state index contributed by atoms with van der Waals surface area (Å²) >= 11 is 13.2. The monoisotopic (exact) mass is 603 g/mol. The molecule has 4 N–H and O–H groups in total. The third-order valence-electron chi connectivity index (χ3n) is 7.75. The van der Waals surface area contributed by atoms with E-state index in [2.05, 4.69) is 25.9 Å². The maximum absolute atomic E-state index is 13.9. The first-order valence-corrected chi connectivity index (χ1v) is 15.1. The maximum atomic E-state index is 13.9. The van der Waals surface area contributed by atoms with Crippen molar-refractivity contribution in [3.63, 3.8) is 0 Å². The number of nitrogens with zero attached hydrogens (tertiary/aromatic N) is 3. The fraction of sp³-hybridized carbons (Fsp3) is 0.517. The third kappa shape index (κ3) is 6.86. The summed E-state index contributed by atoms with van der Waals surface area (Å²) in [5.41, 5.74) is 2.55. The molecule has 2 amide bonds. The van der Waals surface area contributed by atoms with Gasteiger partial charge >= 0.3 is 0 Å². The van der Waals surface area contributed by atoms with Gasteiger partial charge in [0.25, 0.3) is 5.91 Å². The normalized spacial score (nSPS) is 16.8. The number of imidazole rings is 1. The molecule has 1 saturated heterocycles. The zero-order valence-corrected chi connectivity index (χ0v) is 24.8. The standard InChI is InChI=1S/C29H36Cl2FN7O2/c1-16(2)27(40)33-15-17-8-9-21(30)24(23(17)31)36-29-35-22-14-20(28(41)34-19-6-4-3-5-7-19)26(37-25(22)38-29)39-12-10-18(32)11-13-39/h8-9,14,16,18-19H,3-7,10-13,15H2,1-2H3,(H,33,40)(H,34,41)(H2,35,36,37,38). The molecule has 0 bridgehead atoms. The fourth-order valence-electron chi connectivity index (χ4n) is 5.32. The van der Waals surface area contributed by atoms with E-state index >= 15 is 0 Å². The minimum Gasteiger partial charge on any atom is -0.356 e. The molecule has 0 spiro atoms. The number of carbonyl (C=O) groups excluding carboxylic acids is 2. The number of amides is 2. The Morgan fingerprint density at radius 2 is 1.83 bits per heavy atom. The van der Waals surface area contributed by atoms with Crippen LogP contribution >= 0.6 is 23.2 Å². The lowest BCUT2D eigenvalue weighted by atomic mass is 9.95. The highest BCUT2D eigenvalue weighted by Gasteiger charge is 2.27. The predicted molar refractivity (Wildman–Crippen MR) is 161 cm³/mol. The number of hydrogen-bond donors (Lipinski definition) is 4. The van der Waals surface area contributed by atoms with Gasteiger partial charge in [-0.25, -0.2) is 9.37 Å². The summed E-state index contributed by atoms with van der Waals surface area (Å²) in [4.78, 5) is 40.1. The molecule has 220 valence electrons. The Kier molecular flexibility index (Phi) is 9.19. The molecular formula is C29H36Cl2FN7O2. The third-order valence-corrected chi connectivity index (χ3v) is 8.50. The Morgan fingerprint density at radius 1 is 1.10 bits per heavy atom. The van der Waals surface area contributed by atoms with E-state index in [4.69, 9.17) is 28.2 Å². The fourth-order valence-corrected chi connectivity index (χ4v) is 5.85. The van der Waals surface area contributed by atoms with Crippen LogP contribution in [-0.2, 0) is 11.3 Å². The van der Waals surface area contributed by atoms with Gasteiger partial charge in [-0.15, -0.1) is 0 Å². The molecule has 9 nitrogen and oxygen atoms in total. The summed E-state index contributed by atoms with van der Waals surface area (Å²) in [5, 5.41) is 9.94. The number of H-pyrrole nitrogens is 1. The van der Waals surface area contributed by atoms with Crippen molar-refractivity contribution in [2.75, 3.05) is 23.3 Å². The number of aromatic amines is 1. The molecule has 12 heteroatoms. The van der Waals surface area contributed by atoms with Gasteiger partial charge in [0, 0.05) is 31.6 Å². The SMILES string of the molecule is CC(C)C(=O)NCc1ccc(Cl)c(Nc2nc3nc(N4CCC(F)CC4)c(C(=O)NC4CCCCC4)cc3[nH]2)c1Cl. The van der Waals surface area contributed by atoms with Gasteiger partial charge in [0.05, 0.1) is 26.8 Å². The van der Waals surface area contributed by atoms with Crippen LogP contribution in [0.15, 0.2) is 18.2 Å². The lowest BCUT2D eigenvalue weighted by Gasteiger charge is -2.31. The van der Waals surface area contributed by atoms with E-state index in [1.165, 1.54) is 6.42 Å². The number of nitrogens with one attached hydrogen (secondary N) is 4. The molecule has 0 atom stereocenters. The Labute approximate surface area is 249 Å². The molecule has 41 heavy (non-hydrogen) atoms. The summed E-state index contributed by atoms with van der Waals surface area (Å²) in [6, 6.07) is 5.36. The number of hydrogen-bond acceptors (Lipinski definition) is 6. The molecule has 2 aliphatic rings. The van der Waals surface area contributed by atoms with E-state index in [1.54, 1.807) is 18.2 Å². The molecule has 0 radical (unpaired) electrons. The highest BCUT2D eigenvalue weighted by molar-refractivity contribution is 6.39. The summed E-state index contributed by atoms with van der Waals surface area (Å²) in [5.74, 6) is 0.441. The molecule has 1 aliphatic carbocycles. The molecular weight excluding hydrogens is 568 g/mol. The van der Waals surface area contributed by atoms with Crippen molar-refractivity contribution in [1.82, 2.24) is 25.6 Å². The zero-order chi connectivity index (χ0) is 29.1. The van der Waals surface area contributed by atoms with E-state index in [-0.39, 0.29) is 30.3 Å². The van der Waals surface area contributed by atoms with Gasteiger partial charge < -0.3 is 25.8 Å². The number of alkyl halides is 1. The topological polar surface area (TPSA) is 115 Å². The quantitative estimate of drug-likeness (QED) is 0.241. The van der Waals surface area contributed by atoms with Crippen LogP contribution in [0.25, 0.3) is 11.2 Å². The second-order valence-electron chi connectivity index (χ2n) is 11.2. The second-order valence-corrected chi connectivity index (χ2v) is 12.0. The highest BCUT2D eigenvalue weighted by atomic mass is 35.5. The number of carbonyl (C=O) groups is 2. The summed E-state index contributed by atoms with van der Waals surface area (Å²) < 4.78 is 13.9. The summed E-state index contributed by atoms with van der Waals surface area (Å²) in [7, 11) is 0. The first kappa shape index (κ1) is 29.4. The number of piperidine rings is 1. The molecule has 1 aliphatic heterocycles. The number of aromatic nitrogens is 3. The van der Waals surface area contributed by atoms with Crippen molar-refractivity contribution in [3.8, 4) is 0 Å². The average molecular weight is 605 g/mol. The molecule has 2 aromatic heterocycles. The molecule has 1 saturated carbocycles. The second kappa shape index (κ2) is 12.8. The average Bonchev–Trinajstić information content (AvgIpc) is 3.36. The predicted octanol–water partition coefficient (Wildman–Crippen LogP) is 6.28. The Balaban J connectivity index is 1.44. The lowest BCUT2D eigenvalue weighted by Crippen LogP contribution is -2.39. The number of halogens is 3. The van der Waals surface area contributed by atoms with Crippen molar-refractivity contribution in [2.45, 2.75) is 77.6 Å². The van der Waals surface area contributed by atoms with Gasteiger partial charge in [-0.05, 0) is 43.4 Å². The van der Waals surface area contributed by atoms with E-state index < -0.39 is 6.17 Å². The van der Waals surface area contributed by atoms with Crippen molar-refractivity contribution in [3.05, 3.63) is 39.4 Å². The van der Waals surface area contributed by atoms with Gasteiger partial charge in [0.1, 0.15) is 12.0 Å². The summed E-state index contributed by atoms with van der Waals surface area (Å²) in [6.07, 6.45) is 5.25. The first-order chi connectivity index (χ1) is 19.7. The zero-order valence-electron chi connectivity index (χ0n) is 23.3. The minimum absolute atomic E-state index is 0.0799. The van der Waals surface area contributed by atoms with Crippen LogP contribution in [0.1, 0.15) is 74.7 Å². The number of pyridine rings is 1. The van der Waals surface area contributed by atoms with Crippen LogP contribution in [0.3, 0.4) is 0 Å². The van der Waals surface area contributed by atoms with Gasteiger partial charge in [-0.3, -0.25) is 9.59 Å². The molecule has 5 rings (SSSR count). The summed E-state index contributed by atoms with van der Waals surface area (Å²) in [6.45, 7) is 4.85. The van der Waals surface area contributed by atoms with Crippen molar-refractivity contribution >= 4 is 63.6 Å². The van der Waals surface area contributed by atoms with Gasteiger partial charge in [-0.2, -0.15) is 4.98 Å². The number of benzene rings is 1. The Bertz CT molecular complexity index is 1420. The molecule has 2 fully saturated rings. The maximum Gasteiger partial charge on any atom is 0.255 e. The first-order valence-electron chi connectivity index (χ1n) is 14.3. The van der Waals surface area contributed by atoms with E-state index in [9.17, 15) is 14.0 Å². The van der Waals surface area contributed by atoms with Crippen molar-refractivity contribution < 1.29 is 14.0 Å². The minimum atomic E-state index is -0.848. The molecule has 3 aromatic rings.